The van der Waals surface area contributed by atoms with Crippen molar-refractivity contribution in [1.82, 2.24) is 5.43 Å². The number of nitrogens with one attached hydrogen (secondary N) is 1. The number of fused-ring (bicyclic) bond motifs is 1. The Morgan fingerprint density at radius 1 is 1.32 bits per heavy atom. The van der Waals surface area contributed by atoms with Gasteiger partial charge in [0, 0.05) is 22.3 Å². The van der Waals surface area contributed by atoms with E-state index in [1.165, 1.54) is 11.3 Å². The van der Waals surface area contributed by atoms with Crippen LogP contribution in [0.25, 0.3) is 0 Å². The zero-order chi connectivity index (χ0) is 22.8. The maximum atomic E-state index is 12.1. The Bertz CT molecular complexity index is 967. The van der Waals surface area contributed by atoms with Gasteiger partial charge in [-0.1, -0.05) is 18.5 Å². The molecule has 2 aromatic carbocycles. The van der Waals surface area contributed by atoms with Crippen LogP contribution in [-0.2, 0) is 4.79 Å². The first-order valence-electron chi connectivity index (χ1n) is 10.7. The predicted molar refractivity (Wildman–Crippen MR) is 129 cm³/mol. The third-order valence-corrected chi connectivity index (χ3v) is 6.01. The summed E-state index contributed by atoms with van der Waals surface area (Å²) in [4.78, 5) is 14.6. The van der Waals surface area contributed by atoms with E-state index in [1.54, 1.807) is 30.5 Å². The number of nitrogens with zero attached hydrogens (tertiary/aromatic N) is 2. The zero-order valence-corrected chi connectivity index (χ0v) is 20.0. The van der Waals surface area contributed by atoms with Crippen LogP contribution in [0.4, 0.5) is 5.69 Å². The number of carbonyl (C=O) groups is 1. The van der Waals surface area contributed by atoms with Crippen LogP contribution < -0.4 is 15.1 Å². The summed E-state index contributed by atoms with van der Waals surface area (Å²) in [7, 11) is 0. The Hall–Kier alpha value is -2.53. The van der Waals surface area contributed by atoms with Crippen LogP contribution in [0.15, 0.2) is 41.5 Å². The molecule has 1 heterocycles. The summed E-state index contributed by atoms with van der Waals surface area (Å²) in [5.41, 5.74) is 7.42. The topological polar surface area (TPSA) is 53.9 Å². The van der Waals surface area contributed by atoms with E-state index >= 15 is 0 Å². The number of halogens is 1. The third kappa shape index (κ3) is 5.40. The quantitative estimate of drug-likeness (QED) is 0.463. The third-order valence-electron chi connectivity index (χ3n) is 5.76. The Kier molecular flexibility index (Phi) is 6.95. The van der Waals surface area contributed by atoms with E-state index in [2.05, 4.69) is 69.1 Å². The van der Waals surface area contributed by atoms with Crippen molar-refractivity contribution in [2.75, 3.05) is 11.5 Å². The molecule has 166 valence electrons. The van der Waals surface area contributed by atoms with E-state index < -0.39 is 0 Å². The van der Waals surface area contributed by atoms with Gasteiger partial charge >= 0.3 is 0 Å². The van der Waals surface area contributed by atoms with Gasteiger partial charge in [0.25, 0.3) is 5.91 Å². The summed E-state index contributed by atoms with van der Waals surface area (Å²) < 4.78 is 5.44. The molecule has 0 bridgehead atoms. The van der Waals surface area contributed by atoms with E-state index in [-0.39, 0.29) is 18.1 Å². The number of anilines is 1. The Labute approximate surface area is 190 Å². The fraction of sp³-hybridized carbons (Fsp3) is 0.440. The van der Waals surface area contributed by atoms with Crippen molar-refractivity contribution in [2.45, 2.75) is 65.5 Å². The highest BCUT2D eigenvalue weighted by molar-refractivity contribution is 6.30. The van der Waals surface area contributed by atoms with Gasteiger partial charge < -0.3 is 9.64 Å². The average Bonchev–Trinajstić information content (AvgIpc) is 2.67. The molecule has 5 nitrogen and oxygen atoms in total. The molecule has 1 atom stereocenters. The summed E-state index contributed by atoms with van der Waals surface area (Å²) in [6, 6.07) is 11.7. The van der Waals surface area contributed by atoms with Gasteiger partial charge in [-0.15, -0.1) is 0 Å². The number of hydrazone groups is 1. The minimum absolute atomic E-state index is 0.112. The standard InChI is InChI=1S/C25H32ClN3O2/c1-16(2)29-23-11-17(3)19(12-22(23)18(4)13-25(29,5)6)14-27-28-24(30)15-31-21-9-7-20(26)8-10-21/h7-12,14,16,18H,13,15H2,1-6H3,(H,28,30)/b27-14+. The van der Waals surface area contributed by atoms with Gasteiger partial charge in [-0.3, -0.25) is 4.79 Å². The van der Waals surface area contributed by atoms with Crippen LogP contribution in [0.1, 0.15) is 63.6 Å². The highest BCUT2D eigenvalue weighted by Crippen LogP contribution is 2.45. The van der Waals surface area contributed by atoms with E-state index in [0.29, 0.717) is 22.7 Å². The summed E-state index contributed by atoms with van der Waals surface area (Å²) in [5.74, 6) is 0.721. The summed E-state index contributed by atoms with van der Waals surface area (Å²) in [5, 5.41) is 4.77. The number of hydrogen-bond donors (Lipinski definition) is 1. The number of benzene rings is 2. The van der Waals surface area contributed by atoms with Crippen molar-refractivity contribution >= 4 is 29.4 Å². The number of rotatable bonds is 6. The minimum atomic E-state index is -0.317. The van der Waals surface area contributed by atoms with Crippen molar-refractivity contribution in [3.63, 3.8) is 0 Å². The lowest BCUT2D eigenvalue weighted by atomic mass is 9.78. The number of carbonyl (C=O) groups excluding carboxylic acids is 1. The molecule has 0 fully saturated rings. The first kappa shape index (κ1) is 23.1. The molecule has 0 aromatic heterocycles. The van der Waals surface area contributed by atoms with Gasteiger partial charge in [0.05, 0.1) is 6.21 Å². The lowest BCUT2D eigenvalue weighted by molar-refractivity contribution is -0.123. The molecule has 1 amide bonds. The van der Waals surface area contributed by atoms with Crippen molar-refractivity contribution in [2.24, 2.45) is 5.10 Å². The van der Waals surface area contributed by atoms with E-state index in [1.807, 2.05) is 0 Å². The van der Waals surface area contributed by atoms with Gasteiger partial charge in [0.15, 0.2) is 6.61 Å². The first-order chi connectivity index (χ1) is 14.6. The lowest BCUT2D eigenvalue weighted by Crippen LogP contribution is -2.51. The second-order valence-corrected chi connectivity index (χ2v) is 9.62. The molecule has 0 aliphatic carbocycles. The number of ether oxygens (including phenoxy) is 1. The largest absolute Gasteiger partial charge is 0.484 e. The fourth-order valence-corrected chi connectivity index (χ4v) is 4.74. The van der Waals surface area contributed by atoms with Crippen molar-refractivity contribution < 1.29 is 9.53 Å². The second kappa shape index (κ2) is 9.31. The Morgan fingerprint density at radius 3 is 2.65 bits per heavy atom. The highest BCUT2D eigenvalue weighted by atomic mass is 35.5. The molecule has 1 N–H and O–H groups in total. The summed E-state index contributed by atoms with van der Waals surface area (Å²) in [6.45, 7) is 13.4. The molecule has 3 rings (SSSR count). The predicted octanol–water partition coefficient (Wildman–Crippen LogP) is 5.68. The van der Waals surface area contributed by atoms with E-state index in [0.717, 1.165) is 17.5 Å². The molecule has 2 aromatic rings. The normalized spacial score (nSPS) is 17.7. The van der Waals surface area contributed by atoms with E-state index in [4.69, 9.17) is 16.3 Å². The van der Waals surface area contributed by atoms with Crippen LogP contribution in [0.3, 0.4) is 0 Å². The van der Waals surface area contributed by atoms with Crippen molar-refractivity contribution in [1.29, 1.82) is 0 Å². The highest BCUT2D eigenvalue weighted by Gasteiger charge is 2.37. The van der Waals surface area contributed by atoms with Gasteiger partial charge in [0.1, 0.15) is 5.75 Å². The average molecular weight is 442 g/mol. The molecular weight excluding hydrogens is 410 g/mol. The number of amides is 1. The number of aryl methyl sites for hydroxylation is 1. The molecule has 6 heteroatoms. The fourth-order valence-electron chi connectivity index (χ4n) is 4.62. The van der Waals surface area contributed by atoms with Gasteiger partial charge in [0.2, 0.25) is 0 Å². The van der Waals surface area contributed by atoms with Crippen LogP contribution in [-0.4, -0.2) is 30.3 Å². The van der Waals surface area contributed by atoms with Crippen molar-refractivity contribution in [3.05, 3.63) is 58.1 Å². The maximum Gasteiger partial charge on any atom is 0.277 e. The summed E-state index contributed by atoms with van der Waals surface area (Å²) in [6.07, 6.45) is 2.80. The van der Waals surface area contributed by atoms with E-state index in [9.17, 15) is 4.79 Å². The molecule has 31 heavy (non-hydrogen) atoms. The smallest absolute Gasteiger partial charge is 0.277 e. The van der Waals surface area contributed by atoms with Gasteiger partial charge in [-0.25, -0.2) is 5.43 Å². The Balaban J connectivity index is 1.69. The SMILES string of the molecule is Cc1cc2c(cc1/C=N/NC(=O)COc1ccc(Cl)cc1)C(C)CC(C)(C)N2C(C)C. The molecule has 0 saturated carbocycles. The Morgan fingerprint density at radius 2 is 2.00 bits per heavy atom. The molecule has 0 radical (unpaired) electrons. The molecular formula is C25H32ClN3O2. The molecule has 1 aliphatic heterocycles. The van der Waals surface area contributed by atoms with Crippen LogP contribution in [0.2, 0.25) is 5.02 Å². The molecule has 1 unspecified atom stereocenters. The first-order valence-corrected chi connectivity index (χ1v) is 11.1. The summed E-state index contributed by atoms with van der Waals surface area (Å²) >= 11 is 5.85. The zero-order valence-electron chi connectivity index (χ0n) is 19.2. The van der Waals surface area contributed by atoms with Gasteiger partial charge in [-0.05, 0) is 100 Å². The second-order valence-electron chi connectivity index (χ2n) is 9.18. The van der Waals surface area contributed by atoms with Crippen molar-refractivity contribution in [3.8, 4) is 5.75 Å². The molecule has 0 saturated heterocycles. The number of hydrogen-bond acceptors (Lipinski definition) is 4. The lowest BCUT2D eigenvalue weighted by Gasteiger charge is -2.50. The van der Waals surface area contributed by atoms with Gasteiger partial charge in [-0.2, -0.15) is 5.10 Å². The van der Waals surface area contributed by atoms with Crippen LogP contribution in [0.5, 0.6) is 5.75 Å². The maximum absolute atomic E-state index is 12.1. The monoisotopic (exact) mass is 441 g/mol. The van der Waals surface area contributed by atoms with Crippen LogP contribution in [0, 0.1) is 6.92 Å². The molecule has 0 spiro atoms. The minimum Gasteiger partial charge on any atom is -0.484 e. The van der Waals surface area contributed by atoms with Crippen LogP contribution >= 0.6 is 11.6 Å². The molecule has 1 aliphatic rings.